The summed E-state index contributed by atoms with van der Waals surface area (Å²) in [6.07, 6.45) is 0. The van der Waals surface area contributed by atoms with Gasteiger partial charge in [-0.05, 0) is 30.7 Å². The molecular formula is C21H22N4O4. The van der Waals surface area contributed by atoms with Crippen molar-refractivity contribution in [3.8, 4) is 17.2 Å². The van der Waals surface area contributed by atoms with Gasteiger partial charge in [-0.2, -0.15) is 0 Å². The van der Waals surface area contributed by atoms with E-state index in [1.54, 1.807) is 51.7 Å². The average molecular weight is 394 g/mol. The highest BCUT2D eigenvalue weighted by Gasteiger charge is 2.14. The molecule has 0 bridgehead atoms. The van der Waals surface area contributed by atoms with Crippen molar-refractivity contribution in [1.82, 2.24) is 10.2 Å². The first-order valence-electron chi connectivity index (χ1n) is 8.83. The third-order valence-corrected chi connectivity index (χ3v) is 4.23. The van der Waals surface area contributed by atoms with Gasteiger partial charge in [0.05, 0.1) is 21.3 Å². The lowest BCUT2D eigenvalue weighted by Crippen LogP contribution is -2.14. The first-order chi connectivity index (χ1) is 14.0. The molecule has 0 atom stereocenters. The molecule has 1 amide bonds. The van der Waals surface area contributed by atoms with E-state index in [2.05, 4.69) is 20.8 Å². The lowest BCUT2D eigenvalue weighted by molar-refractivity contribution is 0.102. The summed E-state index contributed by atoms with van der Waals surface area (Å²) in [6, 6.07) is 14.2. The van der Waals surface area contributed by atoms with Crippen molar-refractivity contribution in [1.29, 1.82) is 0 Å². The van der Waals surface area contributed by atoms with Crippen LogP contribution >= 0.6 is 0 Å². The summed E-state index contributed by atoms with van der Waals surface area (Å²) < 4.78 is 16.0. The van der Waals surface area contributed by atoms with Crippen LogP contribution in [0.1, 0.15) is 15.9 Å². The highest BCUT2D eigenvalue weighted by atomic mass is 16.5. The molecule has 0 unspecified atom stereocenters. The Balaban J connectivity index is 1.74. The summed E-state index contributed by atoms with van der Waals surface area (Å²) in [5, 5.41) is 14.0. The number of carbonyl (C=O) groups excluding carboxylic acids is 1. The molecule has 8 nitrogen and oxygen atoms in total. The molecule has 0 aliphatic carbocycles. The molecule has 150 valence electrons. The zero-order valence-electron chi connectivity index (χ0n) is 16.6. The molecular weight excluding hydrogens is 372 g/mol. The van der Waals surface area contributed by atoms with E-state index in [1.807, 2.05) is 25.1 Å². The van der Waals surface area contributed by atoms with Crippen LogP contribution in [-0.2, 0) is 0 Å². The van der Waals surface area contributed by atoms with Crippen molar-refractivity contribution in [3.05, 3.63) is 59.7 Å². The Hall–Kier alpha value is -3.81. The summed E-state index contributed by atoms with van der Waals surface area (Å²) in [6.45, 7) is 1.88. The van der Waals surface area contributed by atoms with Crippen LogP contribution in [0.3, 0.4) is 0 Å². The monoisotopic (exact) mass is 394 g/mol. The number of nitrogens with zero attached hydrogens (tertiary/aromatic N) is 2. The van der Waals surface area contributed by atoms with E-state index < -0.39 is 0 Å². The first kappa shape index (κ1) is 19.9. The normalized spacial score (nSPS) is 10.2. The van der Waals surface area contributed by atoms with E-state index >= 15 is 0 Å². The molecule has 2 N–H and O–H groups in total. The van der Waals surface area contributed by atoms with Gasteiger partial charge in [-0.1, -0.05) is 18.2 Å². The quantitative estimate of drug-likeness (QED) is 0.629. The van der Waals surface area contributed by atoms with E-state index in [0.717, 1.165) is 5.56 Å². The minimum atomic E-state index is -0.234. The van der Waals surface area contributed by atoms with E-state index in [9.17, 15) is 4.79 Å². The number of hydrogen-bond acceptors (Lipinski definition) is 7. The summed E-state index contributed by atoms with van der Waals surface area (Å²) in [4.78, 5) is 12.4. The standard InChI is InChI=1S/C21H22N4O4/c1-13-7-5-6-8-15(13)21(26)23-19-10-9-18(24-25-19)22-14-11-16(27-2)20(29-4)17(12-14)28-3/h5-12H,1-4H3,(H,22,24)(H,23,25,26). The van der Waals surface area contributed by atoms with Gasteiger partial charge in [0.15, 0.2) is 23.1 Å². The number of methoxy groups -OCH3 is 3. The first-order valence-corrected chi connectivity index (χ1v) is 8.83. The average Bonchev–Trinajstić information content (AvgIpc) is 2.74. The van der Waals surface area contributed by atoms with Gasteiger partial charge in [-0.15, -0.1) is 10.2 Å². The Labute approximate surface area is 168 Å². The second-order valence-corrected chi connectivity index (χ2v) is 6.11. The third kappa shape index (κ3) is 4.55. The Kier molecular flexibility index (Phi) is 6.13. The van der Waals surface area contributed by atoms with Crippen molar-refractivity contribution in [2.45, 2.75) is 6.92 Å². The molecule has 0 radical (unpaired) electrons. The molecule has 0 fully saturated rings. The van der Waals surface area contributed by atoms with Crippen LogP contribution in [0.5, 0.6) is 17.2 Å². The molecule has 3 rings (SSSR count). The predicted octanol–water partition coefficient (Wildman–Crippen LogP) is 3.81. The molecule has 1 aromatic heterocycles. The van der Waals surface area contributed by atoms with E-state index in [0.29, 0.717) is 40.1 Å². The number of amides is 1. The number of ether oxygens (including phenoxy) is 3. The number of benzene rings is 2. The maximum Gasteiger partial charge on any atom is 0.257 e. The number of carbonyl (C=O) groups is 1. The van der Waals surface area contributed by atoms with Crippen LogP contribution in [0, 0.1) is 6.92 Å². The van der Waals surface area contributed by atoms with E-state index in [4.69, 9.17) is 14.2 Å². The Bertz CT molecular complexity index is 981. The number of hydrogen-bond donors (Lipinski definition) is 2. The van der Waals surface area contributed by atoms with Gasteiger partial charge in [0.2, 0.25) is 5.75 Å². The SMILES string of the molecule is COc1cc(Nc2ccc(NC(=O)c3ccccc3C)nn2)cc(OC)c1OC. The number of rotatable bonds is 7. The Morgan fingerprint density at radius 3 is 2.03 bits per heavy atom. The van der Waals surface area contributed by atoms with Crippen LogP contribution in [0.2, 0.25) is 0 Å². The van der Waals surface area contributed by atoms with Crippen LogP contribution in [0.15, 0.2) is 48.5 Å². The van der Waals surface area contributed by atoms with Crippen LogP contribution < -0.4 is 24.8 Å². The Morgan fingerprint density at radius 1 is 0.862 bits per heavy atom. The number of aromatic nitrogens is 2. The summed E-state index contributed by atoms with van der Waals surface area (Å²) >= 11 is 0. The molecule has 0 aliphatic heterocycles. The lowest BCUT2D eigenvalue weighted by Gasteiger charge is -2.14. The van der Waals surface area contributed by atoms with Crippen molar-refractivity contribution >= 4 is 23.2 Å². The molecule has 2 aromatic carbocycles. The van der Waals surface area contributed by atoms with Gasteiger partial charge < -0.3 is 24.8 Å². The molecule has 0 saturated carbocycles. The van der Waals surface area contributed by atoms with Crippen LogP contribution in [-0.4, -0.2) is 37.4 Å². The maximum atomic E-state index is 12.4. The van der Waals surface area contributed by atoms with Crippen molar-refractivity contribution in [2.24, 2.45) is 0 Å². The smallest absolute Gasteiger partial charge is 0.257 e. The molecule has 29 heavy (non-hydrogen) atoms. The molecule has 8 heteroatoms. The fourth-order valence-corrected chi connectivity index (χ4v) is 2.78. The zero-order valence-corrected chi connectivity index (χ0v) is 16.6. The number of aryl methyl sites for hydroxylation is 1. The van der Waals surface area contributed by atoms with Crippen LogP contribution in [0.25, 0.3) is 0 Å². The second-order valence-electron chi connectivity index (χ2n) is 6.11. The van der Waals surface area contributed by atoms with Gasteiger partial charge in [0.25, 0.3) is 5.91 Å². The van der Waals surface area contributed by atoms with E-state index in [-0.39, 0.29) is 5.91 Å². The van der Waals surface area contributed by atoms with Crippen LogP contribution in [0.4, 0.5) is 17.3 Å². The number of nitrogens with one attached hydrogen (secondary N) is 2. The minimum Gasteiger partial charge on any atom is -0.493 e. The lowest BCUT2D eigenvalue weighted by atomic mass is 10.1. The van der Waals surface area contributed by atoms with Gasteiger partial charge in [-0.3, -0.25) is 4.79 Å². The summed E-state index contributed by atoms with van der Waals surface area (Å²) in [5.74, 6) is 2.15. The summed E-state index contributed by atoms with van der Waals surface area (Å²) in [5.41, 5.74) is 2.16. The van der Waals surface area contributed by atoms with Gasteiger partial charge >= 0.3 is 0 Å². The molecule has 0 spiro atoms. The maximum absolute atomic E-state index is 12.4. The second kappa shape index (κ2) is 8.92. The van der Waals surface area contributed by atoms with E-state index in [1.165, 1.54) is 0 Å². The minimum absolute atomic E-state index is 0.234. The van der Waals surface area contributed by atoms with Crippen molar-refractivity contribution < 1.29 is 19.0 Å². The highest BCUT2D eigenvalue weighted by molar-refractivity contribution is 6.04. The number of anilines is 3. The third-order valence-electron chi connectivity index (χ3n) is 4.23. The van der Waals surface area contributed by atoms with Crippen molar-refractivity contribution in [2.75, 3.05) is 32.0 Å². The van der Waals surface area contributed by atoms with Gasteiger partial charge in [0, 0.05) is 23.4 Å². The topological polar surface area (TPSA) is 94.6 Å². The highest BCUT2D eigenvalue weighted by Crippen LogP contribution is 2.40. The summed E-state index contributed by atoms with van der Waals surface area (Å²) in [7, 11) is 4.64. The fraction of sp³-hybridized carbons (Fsp3) is 0.190. The fourth-order valence-electron chi connectivity index (χ4n) is 2.78. The molecule has 1 heterocycles. The van der Waals surface area contributed by atoms with Gasteiger partial charge in [0.1, 0.15) is 0 Å². The predicted molar refractivity (Wildman–Crippen MR) is 111 cm³/mol. The molecule has 0 aliphatic rings. The largest absolute Gasteiger partial charge is 0.493 e. The Morgan fingerprint density at radius 2 is 1.48 bits per heavy atom. The molecule has 3 aromatic rings. The molecule has 0 saturated heterocycles. The van der Waals surface area contributed by atoms with Gasteiger partial charge in [-0.25, -0.2) is 0 Å². The zero-order chi connectivity index (χ0) is 20.8. The van der Waals surface area contributed by atoms with Crippen molar-refractivity contribution in [3.63, 3.8) is 0 Å².